The lowest BCUT2D eigenvalue weighted by Gasteiger charge is -2.09. The monoisotopic (exact) mass is 285 g/mol. The smallest absolute Gasteiger partial charge is 0.251 e. The maximum Gasteiger partial charge on any atom is 0.251 e. The molecule has 0 bridgehead atoms. The van der Waals surface area contributed by atoms with Crippen molar-refractivity contribution in [2.75, 3.05) is 11.9 Å². The lowest BCUT2D eigenvalue weighted by Crippen LogP contribution is -2.32. The third-order valence-electron chi connectivity index (χ3n) is 2.34. The molecule has 0 fully saturated rings. The van der Waals surface area contributed by atoms with E-state index >= 15 is 0 Å². The highest BCUT2D eigenvalue weighted by atomic mass is 35.5. The largest absolute Gasteiger partial charge is 0.352 e. The first-order valence-corrected chi connectivity index (χ1v) is 5.99. The van der Waals surface area contributed by atoms with Crippen LogP contribution in [0.25, 0.3) is 0 Å². The molecule has 0 radical (unpaired) electrons. The van der Waals surface area contributed by atoms with E-state index in [4.69, 9.17) is 5.73 Å². The number of hydrogen-bond donors (Lipinski definition) is 3. The Labute approximate surface area is 119 Å². The van der Waals surface area contributed by atoms with E-state index in [0.29, 0.717) is 17.8 Å². The van der Waals surface area contributed by atoms with Gasteiger partial charge in [0.05, 0.1) is 6.04 Å². The fraction of sp³-hybridized carbons (Fsp3) is 0.385. The molecule has 4 N–H and O–H groups in total. The molecule has 0 aromatic heterocycles. The lowest BCUT2D eigenvalue weighted by molar-refractivity contribution is -0.117. The Kier molecular flexibility index (Phi) is 7.79. The van der Waals surface area contributed by atoms with Gasteiger partial charge in [-0.25, -0.2) is 0 Å². The Balaban J connectivity index is 0.00000324. The van der Waals surface area contributed by atoms with Crippen LogP contribution in [0.3, 0.4) is 0 Å². The second-order valence-corrected chi connectivity index (χ2v) is 4.11. The maximum absolute atomic E-state index is 11.7. The standard InChI is InChI=1S/C13H19N3O2.ClH/c1-3-7-15-13(18)10-5-4-6-11(8-10)16-12(17)9(2)14;/h4-6,8-9H,3,7,14H2,1-2H3,(H,15,18)(H,16,17);1H/t9-;/m0./s1. The zero-order valence-electron chi connectivity index (χ0n) is 11.1. The van der Waals surface area contributed by atoms with Crippen LogP contribution in [-0.4, -0.2) is 24.4 Å². The molecule has 0 aliphatic heterocycles. The van der Waals surface area contributed by atoms with Crippen molar-refractivity contribution in [3.8, 4) is 0 Å². The number of rotatable bonds is 5. The van der Waals surface area contributed by atoms with Crippen LogP contribution in [0.1, 0.15) is 30.6 Å². The van der Waals surface area contributed by atoms with Crippen molar-refractivity contribution in [3.63, 3.8) is 0 Å². The zero-order valence-corrected chi connectivity index (χ0v) is 11.9. The minimum absolute atomic E-state index is 0. The molecule has 0 aliphatic carbocycles. The molecule has 6 heteroatoms. The first kappa shape index (κ1) is 17.4. The number of halogens is 1. The van der Waals surface area contributed by atoms with Gasteiger partial charge in [-0.2, -0.15) is 0 Å². The molecule has 1 aromatic carbocycles. The van der Waals surface area contributed by atoms with Gasteiger partial charge < -0.3 is 16.4 Å². The minimum atomic E-state index is -0.581. The Morgan fingerprint density at radius 2 is 2.05 bits per heavy atom. The number of carbonyl (C=O) groups excluding carboxylic acids is 2. The topological polar surface area (TPSA) is 84.2 Å². The molecule has 0 aliphatic rings. The van der Waals surface area contributed by atoms with Crippen molar-refractivity contribution in [1.82, 2.24) is 5.32 Å². The number of benzene rings is 1. The van der Waals surface area contributed by atoms with Gasteiger partial charge in [0.15, 0.2) is 0 Å². The molecular weight excluding hydrogens is 266 g/mol. The summed E-state index contributed by atoms with van der Waals surface area (Å²) in [5, 5.41) is 5.42. The Morgan fingerprint density at radius 3 is 2.63 bits per heavy atom. The normalized spacial score (nSPS) is 11.1. The summed E-state index contributed by atoms with van der Waals surface area (Å²) in [5.74, 6) is -0.421. The van der Waals surface area contributed by atoms with Gasteiger partial charge in [0.2, 0.25) is 5.91 Å². The third-order valence-corrected chi connectivity index (χ3v) is 2.34. The van der Waals surface area contributed by atoms with Gasteiger partial charge in [-0.3, -0.25) is 9.59 Å². The number of amides is 2. The van der Waals surface area contributed by atoms with Crippen molar-refractivity contribution in [2.24, 2.45) is 5.73 Å². The van der Waals surface area contributed by atoms with E-state index < -0.39 is 6.04 Å². The predicted octanol–water partition coefficient (Wildman–Crippen LogP) is 1.53. The lowest BCUT2D eigenvalue weighted by atomic mass is 10.2. The van der Waals surface area contributed by atoms with Crippen molar-refractivity contribution in [2.45, 2.75) is 26.3 Å². The Bertz CT molecular complexity index is 436. The first-order valence-electron chi connectivity index (χ1n) is 5.99. The molecule has 19 heavy (non-hydrogen) atoms. The molecule has 1 rings (SSSR count). The van der Waals surface area contributed by atoms with Gasteiger partial charge in [-0.1, -0.05) is 13.0 Å². The molecular formula is C13H20ClN3O2. The van der Waals surface area contributed by atoms with E-state index in [1.54, 1.807) is 31.2 Å². The van der Waals surface area contributed by atoms with Crippen LogP contribution < -0.4 is 16.4 Å². The first-order chi connectivity index (χ1) is 8.54. The van der Waals surface area contributed by atoms with Gasteiger partial charge in [-0.15, -0.1) is 12.4 Å². The molecule has 0 heterocycles. The number of hydrogen-bond acceptors (Lipinski definition) is 3. The van der Waals surface area contributed by atoms with Gasteiger partial charge in [-0.05, 0) is 31.5 Å². The fourth-order valence-electron chi connectivity index (χ4n) is 1.33. The number of carbonyl (C=O) groups is 2. The van der Waals surface area contributed by atoms with Gasteiger partial charge in [0, 0.05) is 17.8 Å². The average Bonchev–Trinajstić information content (AvgIpc) is 2.36. The SMILES string of the molecule is CCCNC(=O)c1cccc(NC(=O)[C@H](C)N)c1.Cl. The van der Waals surface area contributed by atoms with E-state index in [1.165, 1.54) is 0 Å². The molecule has 2 amide bonds. The molecule has 5 nitrogen and oxygen atoms in total. The number of nitrogens with one attached hydrogen (secondary N) is 2. The van der Waals surface area contributed by atoms with E-state index in [9.17, 15) is 9.59 Å². The summed E-state index contributed by atoms with van der Waals surface area (Å²) in [6.45, 7) is 4.22. The highest BCUT2D eigenvalue weighted by Crippen LogP contribution is 2.10. The van der Waals surface area contributed by atoms with Crippen LogP contribution in [0.15, 0.2) is 24.3 Å². The molecule has 0 spiro atoms. The molecule has 1 aromatic rings. The van der Waals surface area contributed by atoms with E-state index in [0.717, 1.165) is 6.42 Å². The van der Waals surface area contributed by atoms with E-state index in [1.807, 2.05) is 6.92 Å². The van der Waals surface area contributed by atoms with Crippen LogP contribution in [0, 0.1) is 0 Å². The molecule has 106 valence electrons. The van der Waals surface area contributed by atoms with Crippen LogP contribution in [-0.2, 0) is 4.79 Å². The summed E-state index contributed by atoms with van der Waals surface area (Å²) < 4.78 is 0. The van der Waals surface area contributed by atoms with Crippen molar-refractivity contribution in [3.05, 3.63) is 29.8 Å². The third kappa shape index (κ3) is 5.72. The van der Waals surface area contributed by atoms with Gasteiger partial charge >= 0.3 is 0 Å². The van der Waals surface area contributed by atoms with Crippen molar-refractivity contribution < 1.29 is 9.59 Å². The van der Waals surface area contributed by atoms with Crippen LogP contribution in [0.5, 0.6) is 0 Å². The summed E-state index contributed by atoms with van der Waals surface area (Å²) in [6, 6.07) is 6.19. The molecule has 0 saturated heterocycles. The quantitative estimate of drug-likeness (QED) is 0.767. The number of nitrogens with two attached hydrogens (primary N) is 1. The van der Waals surface area contributed by atoms with E-state index in [2.05, 4.69) is 10.6 Å². The zero-order chi connectivity index (χ0) is 13.5. The maximum atomic E-state index is 11.7. The summed E-state index contributed by atoms with van der Waals surface area (Å²) in [5.41, 5.74) is 6.55. The van der Waals surface area contributed by atoms with Gasteiger partial charge in [0.25, 0.3) is 5.91 Å². The summed E-state index contributed by atoms with van der Waals surface area (Å²) in [4.78, 5) is 23.2. The Morgan fingerprint density at radius 1 is 1.37 bits per heavy atom. The molecule has 0 unspecified atom stereocenters. The second kappa shape index (κ2) is 8.50. The highest BCUT2D eigenvalue weighted by Gasteiger charge is 2.09. The summed E-state index contributed by atoms with van der Waals surface area (Å²) >= 11 is 0. The van der Waals surface area contributed by atoms with Crippen LogP contribution in [0.2, 0.25) is 0 Å². The van der Waals surface area contributed by atoms with Crippen molar-refractivity contribution >= 4 is 29.9 Å². The summed E-state index contributed by atoms with van der Waals surface area (Å²) in [7, 11) is 0. The van der Waals surface area contributed by atoms with Gasteiger partial charge in [0.1, 0.15) is 0 Å². The van der Waals surface area contributed by atoms with Crippen LogP contribution >= 0.6 is 12.4 Å². The highest BCUT2D eigenvalue weighted by molar-refractivity contribution is 5.98. The summed E-state index contributed by atoms with van der Waals surface area (Å²) in [6.07, 6.45) is 0.882. The number of anilines is 1. The predicted molar refractivity (Wildman–Crippen MR) is 78.6 cm³/mol. The van der Waals surface area contributed by atoms with Crippen LogP contribution in [0.4, 0.5) is 5.69 Å². The van der Waals surface area contributed by atoms with Crippen molar-refractivity contribution in [1.29, 1.82) is 0 Å². The fourth-order valence-corrected chi connectivity index (χ4v) is 1.33. The minimum Gasteiger partial charge on any atom is -0.352 e. The molecule has 0 saturated carbocycles. The second-order valence-electron chi connectivity index (χ2n) is 4.11. The molecule has 1 atom stereocenters. The van der Waals surface area contributed by atoms with E-state index in [-0.39, 0.29) is 24.2 Å². The Hall–Kier alpha value is -1.59. The average molecular weight is 286 g/mol.